The summed E-state index contributed by atoms with van der Waals surface area (Å²) in [5, 5.41) is 10.9. The van der Waals surface area contributed by atoms with E-state index >= 15 is 0 Å². The van der Waals surface area contributed by atoms with Crippen molar-refractivity contribution < 1.29 is 32.5 Å². The number of hydrogen-bond acceptors (Lipinski definition) is 4. The van der Waals surface area contributed by atoms with E-state index in [4.69, 9.17) is 9.47 Å². The highest BCUT2D eigenvalue weighted by Crippen LogP contribution is 2.37. The Hall–Kier alpha value is -1.76. The van der Waals surface area contributed by atoms with Gasteiger partial charge in [-0.2, -0.15) is 13.2 Å². The summed E-state index contributed by atoms with van der Waals surface area (Å²) in [6, 6.07) is 2.37. The van der Waals surface area contributed by atoms with Crippen LogP contribution in [0.4, 0.5) is 13.2 Å². The lowest BCUT2D eigenvalue weighted by Gasteiger charge is -2.24. The molecule has 1 fully saturated rings. The molecular weight excluding hydrogens is 313 g/mol. The van der Waals surface area contributed by atoms with Gasteiger partial charge in [0.2, 0.25) is 0 Å². The van der Waals surface area contributed by atoms with Gasteiger partial charge in [0, 0.05) is 12.0 Å². The molecule has 0 amide bonds. The molecule has 0 aromatic heterocycles. The van der Waals surface area contributed by atoms with Crippen LogP contribution in [-0.4, -0.2) is 18.4 Å². The molecule has 0 saturated heterocycles. The van der Waals surface area contributed by atoms with Gasteiger partial charge in [0.1, 0.15) is 5.75 Å². The molecule has 0 N–H and O–H groups in total. The third-order valence-electron chi connectivity index (χ3n) is 3.76. The molecule has 1 unspecified atom stereocenters. The first kappa shape index (κ1) is 17.6. The van der Waals surface area contributed by atoms with E-state index in [9.17, 15) is 23.1 Å². The summed E-state index contributed by atoms with van der Waals surface area (Å²) in [5.41, 5.74) is -1.40. The van der Waals surface area contributed by atoms with E-state index in [2.05, 4.69) is 0 Å². The lowest BCUT2D eigenvalue weighted by atomic mass is 10.1. The van der Waals surface area contributed by atoms with Crippen molar-refractivity contribution in [3.05, 3.63) is 29.3 Å². The molecule has 0 radical (unpaired) electrons. The number of carbonyl (C=O) groups excluding carboxylic acids is 1. The first-order valence-electron chi connectivity index (χ1n) is 7.56. The van der Waals surface area contributed by atoms with Gasteiger partial charge in [0.05, 0.1) is 17.6 Å². The molecule has 1 aliphatic carbocycles. The molecule has 0 bridgehead atoms. The topological polar surface area (TPSA) is 58.6 Å². The van der Waals surface area contributed by atoms with Crippen molar-refractivity contribution in [1.82, 2.24) is 0 Å². The summed E-state index contributed by atoms with van der Waals surface area (Å²) in [4.78, 5) is 10.9. The fourth-order valence-corrected chi connectivity index (χ4v) is 2.57. The standard InChI is InChI=1S/C16H19F3O4/c1-2-14(22-11-5-3-4-6-11)23-13-9-10(15(20)21)7-8-12(13)16(17,18)19/h7-9,11,14H,2-6H2,1H3,(H,20,21)/p-1. The smallest absolute Gasteiger partial charge is 0.419 e. The predicted octanol–water partition coefficient (Wildman–Crippen LogP) is 3.14. The maximum absolute atomic E-state index is 13.1. The van der Waals surface area contributed by atoms with E-state index < -0.39 is 29.7 Å². The molecule has 1 saturated carbocycles. The summed E-state index contributed by atoms with van der Waals surface area (Å²) < 4.78 is 50.2. The molecule has 1 atom stereocenters. The van der Waals surface area contributed by atoms with Crippen LogP contribution in [0.3, 0.4) is 0 Å². The molecule has 7 heteroatoms. The number of aromatic carboxylic acids is 1. The van der Waals surface area contributed by atoms with E-state index in [0.29, 0.717) is 12.5 Å². The average Bonchev–Trinajstić information content (AvgIpc) is 2.98. The Morgan fingerprint density at radius 3 is 2.52 bits per heavy atom. The number of alkyl halides is 3. The molecule has 1 aromatic rings. The monoisotopic (exact) mass is 331 g/mol. The van der Waals surface area contributed by atoms with Crippen LogP contribution in [0.5, 0.6) is 5.75 Å². The average molecular weight is 331 g/mol. The number of ether oxygens (including phenoxy) is 2. The third kappa shape index (κ3) is 4.60. The summed E-state index contributed by atoms with van der Waals surface area (Å²) in [6.45, 7) is 1.73. The SMILES string of the molecule is CCC(Oc1cc(C(=O)[O-])ccc1C(F)(F)F)OC1CCCC1. The number of carbonyl (C=O) groups is 1. The van der Waals surface area contributed by atoms with E-state index in [1.165, 1.54) is 0 Å². The predicted molar refractivity (Wildman–Crippen MR) is 73.8 cm³/mol. The summed E-state index contributed by atoms with van der Waals surface area (Å²) in [5.74, 6) is -2.11. The Kier molecular flexibility index (Phi) is 5.51. The van der Waals surface area contributed by atoms with Crippen molar-refractivity contribution in [2.75, 3.05) is 0 Å². The van der Waals surface area contributed by atoms with Gasteiger partial charge in [0.15, 0.2) is 6.29 Å². The summed E-state index contributed by atoms with van der Waals surface area (Å²) in [7, 11) is 0. The van der Waals surface area contributed by atoms with E-state index in [1.807, 2.05) is 0 Å². The molecule has 0 heterocycles. The molecule has 0 aliphatic heterocycles. The molecule has 4 nitrogen and oxygen atoms in total. The highest BCUT2D eigenvalue weighted by Gasteiger charge is 2.35. The number of hydrogen-bond donors (Lipinski definition) is 0. The Balaban J connectivity index is 2.23. The first-order chi connectivity index (χ1) is 10.8. The molecule has 128 valence electrons. The van der Waals surface area contributed by atoms with Gasteiger partial charge in [-0.3, -0.25) is 0 Å². The second kappa shape index (κ2) is 7.21. The van der Waals surface area contributed by atoms with Crippen molar-refractivity contribution in [3.63, 3.8) is 0 Å². The molecule has 1 aromatic carbocycles. The van der Waals surface area contributed by atoms with Crippen LogP contribution in [0, 0.1) is 0 Å². The second-order valence-electron chi connectivity index (χ2n) is 5.49. The Labute approximate surface area is 132 Å². The molecule has 2 rings (SSSR count). The Morgan fingerprint density at radius 1 is 1.35 bits per heavy atom. The van der Waals surface area contributed by atoms with Gasteiger partial charge < -0.3 is 19.4 Å². The highest BCUT2D eigenvalue weighted by atomic mass is 19.4. The van der Waals surface area contributed by atoms with E-state index in [-0.39, 0.29) is 11.7 Å². The van der Waals surface area contributed by atoms with Crippen LogP contribution in [-0.2, 0) is 10.9 Å². The second-order valence-corrected chi connectivity index (χ2v) is 5.49. The van der Waals surface area contributed by atoms with Gasteiger partial charge in [-0.1, -0.05) is 25.8 Å². The Bertz CT molecular complexity index is 551. The minimum atomic E-state index is -4.65. The number of benzene rings is 1. The maximum Gasteiger partial charge on any atom is 0.419 e. The van der Waals surface area contributed by atoms with Gasteiger partial charge in [-0.15, -0.1) is 0 Å². The normalized spacial score (nSPS) is 17.2. The largest absolute Gasteiger partial charge is 0.545 e. The summed E-state index contributed by atoms with van der Waals surface area (Å²) in [6.07, 6.45) is -1.43. The van der Waals surface area contributed by atoms with Crippen molar-refractivity contribution >= 4 is 5.97 Å². The molecule has 1 aliphatic rings. The zero-order valence-corrected chi connectivity index (χ0v) is 12.7. The number of carboxylic acids is 1. The lowest BCUT2D eigenvalue weighted by Crippen LogP contribution is -2.27. The zero-order chi connectivity index (χ0) is 17.0. The lowest BCUT2D eigenvalue weighted by molar-refractivity contribution is -0.255. The molecule has 0 spiro atoms. The van der Waals surface area contributed by atoms with Crippen LogP contribution in [0.25, 0.3) is 0 Å². The highest BCUT2D eigenvalue weighted by molar-refractivity contribution is 5.86. The van der Waals surface area contributed by atoms with Crippen LogP contribution in [0.15, 0.2) is 18.2 Å². The number of carboxylic acid groups (broad SMARTS) is 1. The fourth-order valence-electron chi connectivity index (χ4n) is 2.57. The van der Waals surface area contributed by atoms with E-state index in [0.717, 1.165) is 37.8 Å². The minimum Gasteiger partial charge on any atom is -0.545 e. The fraction of sp³-hybridized carbons (Fsp3) is 0.562. The van der Waals surface area contributed by atoms with Crippen LogP contribution in [0.2, 0.25) is 0 Å². The summed E-state index contributed by atoms with van der Waals surface area (Å²) >= 11 is 0. The number of rotatable bonds is 6. The first-order valence-corrected chi connectivity index (χ1v) is 7.56. The van der Waals surface area contributed by atoms with Crippen LogP contribution < -0.4 is 9.84 Å². The van der Waals surface area contributed by atoms with Crippen molar-refractivity contribution in [1.29, 1.82) is 0 Å². The quantitative estimate of drug-likeness (QED) is 0.752. The van der Waals surface area contributed by atoms with Gasteiger partial charge in [-0.05, 0) is 25.0 Å². The van der Waals surface area contributed by atoms with Crippen LogP contribution >= 0.6 is 0 Å². The molecule has 23 heavy (non-hydrogen) atoms. The third-order valence-corrected chi connectivity index (χ3v) is 3.76. The Morgan fingerprint density at radius 2 is 2.00 bits per heavy atom. The maximum atomic E-state index is 13.1. The van der Waals surface area contributed by atoms with Crippen LogP contribution in [0.1, 0.15) is 54.9 Å². The van der Waals surface area contributed by atoms with Gasteiger partial charge in [0.25, 0.3) is 0 Å². The van der Waals surface area contributed by atoms with E-state index in [1.54, 1.807) is 6.92 Å². The molecular formula is C16H18F3O4-. The number of halogens is 3. The van der Waals surface area contributed by atoms with Crippen molar-refractivity contribution in [2.45, 2.75) is 57.6 Å². The van der Waals surface area contributed by atoms with Gasteiger partial charge in [-0.25, -0.2) is 0 Å². The zero-order valence-electron chi connectivity index (χ0n) is 12.7. The minimum absolute atomic E-state index is 0.0291. The van der Waals surface area contributed by atoms with Crippen molar-refractivity contribution in [3.8, 4) is 5.75 Å². The van der Waals surface area contributed by atoms with Crippen molar-refractivity contribution in [2.24, 2.45) is 0 Å². The van der Waals surface area contributed by atoms with Gasteiger partial charge >= 0.3 is 6.18 Å².